The topological polar surface area (TPSA) is 43.9 Å². The van der Waals surface area contributed by atoms with E-state index in [4.69, 9.17) is 0 Å². The van der Waals surface area contributed by atoms with Crippen molar-refractivity contribution in [3.05, 3.63) is 0 Å². The van der Waals surface area contributed by atoms with Crippen LogP contribution in [0, 0.1) is 5.92 Å². The number of piperazine rings is 1. The van der Waals surface area contributed by atoms with Gasteiger partial charge < -0.3 is 0 Å². The van der Waals surface area contributed by atoms with E-state index in [2.05, 4.69) is 4.90 Å². The van der Waals surface area contributed by atoms with Crippen LogP contribution in [0.3, 0.4) is 0 Å². The van der Waals surface area contributed by atoms with Crippen molar-refractivity contribution in [2.75, 3.05) is 33.2 Å². The number of fused-ring (bicyclic) bond motifs is 1. The second-order valence-corrected chi connectivity index (χ2v) is 8.28. The van der Waals surface area contributed by atoms with E-state index in [1.54, 1.807) is 15.7 Å². The highest BCUT2D eigenvalue weighted by atomic mass is 32.2. The molecule has 1 aliphatic carbocycles. The maximum Gasteiger partial charge on any atom is 0.282 e. The molecule has 6 heteroatoms. The van der Waals surface area contributed by atoms with E-state index in [9.17, 15) is 8.42 Å². The van der Waals surface area contributed by atoms with E-state index >= 15 is 0 Å². The van der Waals surface area contributed by atoms with Crippen molar-refractivity contribution in [2.45, 2.75) is 44.7 Å². The van der Waals surface area contributed by atoms with Crippen molar-refractivity contribution >= 4 is 10.2 Å². The van der Waals surface area contributed by atoms with Crippen molar-refractivity contribution in [2.24, 2.45) is 5.92 Å². The minimum atomic E-state index is -3.26. The van der Waals surface area contributed by atoms with E-state index in [1.807, 2.05) is 6.92 Å². The quantitative estimate of drug-likeness (QED) is 0.766. The Morgan fingerprint density at radius 1 is 1.16 bits per heavy atom. The smallest absolute Gasteiger partial charge is 0.282 e. The maximum atomic E-state index is 12.7. The van der Waals surface area contributed by atoms with E-state index < -0.39 is 10.2 Å². The van der Waals surface area contributed by atoms with E-state index in [-0.39, 0.29) is 6.04 Å². The Morgan fingerprint density at radius 3 is 2.58 bits per heavy atom. The summed E-state index contributed by atoms with van der Waals surface area (Å²) in [5.74, 6) is 0.576. The molecule has 0 aromatic carbocycles. The van der Waals surface area contributed by atoms with Crippen LogP contribution in [0.4, 0.5) is 0 Å². The number of rotatable bonds is 4. The van der Waals surface area contributed by atoms with Crippen molar-refractivity contribution in [3.8, 4) is 0 Å². The molecule has 110 valence electrons. The number of hydrogen-bond donors (Lipinski definition) is 0. The van der Waals surface area contributed by atoms with Gasteiger partial charge in [0.15, 0.2) is 0 Å². The van der Waals surface area contributed by atoms with Crippen molar-refractivity contribution < 1.29 is 8.42 Å². The summed E-state index contributed by atoms with van der Waals surface area (Å²) in [6.45, 7) is 5.42. The van der Waals surface area contributed by atoms with E-state index in [0.29, 0.717) is 25.0 Å². The van der Waals surface area contributed by atoms with Gasteiger partial charge in [0.25, 0.3) is 10.2 Å². The molecular formula is C13H25N3O2S. The molecule has 1 saturated carbocycles. The van der Waals surface area contributed by atoms with Crippen LogP contribution in [-0.4, -0.2) is 67.2 Å². The summed E-state index contributed by atoms with van der Waals surface area (Å²) in [5.41, 5.74) is 0. The zero-order chi connectivity index (χ0) is 13.6. The first-order chi connectivity index (χ1) is 9.00. The molecule has 0 amide bonds. The minimum Gasteiger partial charge on any atom is -0.298 e. The van der Waals surface area contributed by atoms with Crippen LogP contribution in [-0.2, 0) is 10.2 Å². The highest BCUT2D eigenvalue weighted by Crippen LogP contribution is 2.36. The molecule has 0 aromatic heterocycles. The highest BCUT2D eigenvalue weighted by molar-refractivity contribution is 7.86. The average Bonchev–Trinajstić information content (AvgIpc) is 3.14. The van der Waals surface area contributed by atoms with E-state index in [0.717, 1.165) is 19.5 Å². The third-order valence-corrected chi connectivity index (χ3v) is 7.16. The van der Waals surface area contributed by atoms with Gasteiger partial charge in [0, 0.05) is 38.8 Å². The van der Waals surface area contributed by atoms with E-state index in [1.165, 1.54) is 19.3 Å². The SMILES string of the molecule is CC(C1CC1)N(C)S(=O)(=O)N1CCN2CCCC2C1. The van der Waals surface area contributed by atoms with Gasteiger partial charge in [-0.15, -0.1) is 0 Å². The summed E-state index contributed by atoms with van der Waals surface area (Å²) >= 11 is 0. The third kappa shape index (κ3) is 2.55. The lowest BCUT2D eigenvalue weighted by Gasteiger charge is -2.39. The summed E-state index contributed by atoms with van der Waals surface area (Å²) in [7, 11) is -1.52. The first-order valence-electron chi connectivity index (χ1n) is 7.47. The predicted octanol–water partition coefficient (Wildman–Crippen LogP) is 0.742. The monoisotopic (exact) mass is 287 g/mol. The Balaban J connectivity index is 1.69. The molecule has 2 aliphatic heterocycles. The van der Waals surface area contributed by atoms with Crippen LogP contribution in [0.25, 0.3) is 0 Å². The predicted molar refractivity (Wildman–Crippen MR) is 75.0 cm³/mol. The molecule has 5 nitrogen and oxygen atoms in total. The second kappa shape index (κ2) is 4.98. The Kier molecular flexibility index (Phi) is 3.62. The fraction of sp³-hybridized carbons (Fsp3) is 1.00. The van der Waals surface area contributed by atoms with Gasteiger partial charge >= 0.3 is 0 Å². The lowest BCUT2D eigenvalue weighted by molar-refractivity contribution is 0.151. The molecule has 3 rings (SSSR count). The first kappa shape index (κ1) is 13.8. The molecule has 2 heterocycles. The number of hydrogen-bond acceptors (Lipinski definition) is 3. The third-order valence-electron chi connectivity index (χ3n) is 5.12. The van der Waals surface area contributed by atoms with Gasteiger partial charge in [-0.2, -0.15) is 17.0 Å². The summed E-state index contributed by atoms with van der Waals surface area (Å²) in [6, 6.07) is 0.597. The normalized spacial score (nSPS) is 31.6. The number of nitrogens with zero attached hydrogens (tertiary/aromatic N) is 3. The fourth-order valence-electron chi connectivity index (χ4n) is 3.44. The van der Waals surface area contributed by atoms with Crippen LogP contribution in [0.15, 0.2) is 0 Å². The van der Waals surface area contributed by atoms with Gasteiger partial charge in [-0.1, -0.05) is 0 Å². The molecule has 3 fully saturated rings. The minimum absolute atomic E-state index is 0.145. The van der Waals surface area contributed by atoms with Gasteiger partial charge in [0.2, 0.25) is 0 Å². The van der Waals surface area contributed by atoms with Crippen LogP contribution in [0.2, 0.25) is 0 Å². The van der Waals surface area contributed by atoms with Gasteiger partial charge in [0.05, 0.1) is 0 Å². The zero-order valence-electron chi connectivity index (χ0n) is 12.0. The fourth-order valence-corrected chi connectivity index (χ4v) is 5.07. The summed E-state index contributed by atoms with van der Waals surface area (Å²) in [4.78, 5) is 2.44. The highest BCUT2D eigenvalue weighted by Gasteiger charge is 2.41. The zero-order valence-corrected chi connectivity index (χ0v) is 12.8. The summed E-state index contributed by atoms with van der Waals surface area (Å²) in [5, 5.41) is 0. The lowest BCUT2D eigenvalue weighted by Crippen LogP contribution is -2.56. The first-order valence-corrected chi connectivity index (χ1v) is 8.87. The average molecular weight is 287 g/mol. The van der Waals surface area contributed by atoms with Crippen LogP contribution in [0.1, 0.15) is 32.6 Å². The summed E-state index contributed by atoms with van der Waals surface area (Å²) < 4.78 is 28.7. The molecule has 0 spiro atoms. The van der Waals surface area contributed by atoms with Crippen molar-refractivity contribution in [3.63, 3.8) is 0 Å². The van der Waals surface area contributed by atoms with Gasteiger partial charge in [-0.05, 0) is 45.1 Å². The molecule has 0 aromatic rings. The second-order valence-electron chi connectivity index (χ2n) is 6.29. The lowest BCUT2D eigenvalue weighted by atomic mass is 10.2. The Bertz CT molecular complexity index is 435. The molecule has 19 heavy (non-hydrogen) atoms. The molecule has 2 atom stereocenters. The standard InChI is InChI=1S/C13H25N3O2S/c1-11(12-5-6-12)14(2)19(17,18)16-9-8-15-7-3-4-13(15)10-16/h11-13H,3-10H2,1-2H3. The molecule has 2 unspecified atom stereocenters. The van der Waals surface area contributed by atoms with Gasteiger partial charge in [0.1, 0.15) is 0 Å². The van der Waals surface area contributed by atoms with Gasteiger partial charge in [-0.25, -0.2) is 0 Å². The molecule has 0 bridgehead atoms. The van der Waals surface area contributed by atoms with Crippen molar-refractivity contribution in [1.82, 2.24) is 13.5 Å². The van der Waals surface area contributed by atoms with Crippen LogP contribution in [0.5, 0.6) is 0 Å². The maximum absolute atomic E-state index is 12.7. The van der Waals surface area contributed by atoms with Crippen LogP contribution < -0.4 is 0 Å². The largest absolute Gasteiger partial charge is 0.298 e. The Labute approximate surface area is 116 Å². The molecule has 0 radical (unpaired) electrons. The Morgan fingerprint density at radius 2 is 1.89 bits per heavy atom. The van der Waals surface area contributed by atoms with Gasteiger partial charge in [-0.3, -0.25) is 4.90 Å². The molecule has 3 aliphatic rings. The molecule has 0 N–H and O–H groups in total. The summed E-state index contributed by atoms with van der Waals surface area (Å²) in [6.07, 6.45) is 4.72. The van der Waals surface area contributed by atoms with Crippen LogP contribution >= 0.6 is 0 Å². The van der Waals surface area contributed by atoms with Crippen molar-refractivity contribution in [1.29, 1.82) is 0 Å². The molecule has 2 saturated heterocycles. The molecular weight excluding hydrogens is 262 g/mol. The Hall–Kier alpha value is -0.170.